The van der Waals surface area contributed by atoms with Crippen molar-refractivity contribution in [2.45, 2.75) is 20.5 Å². The topological polar surface area (TPSA) is 26.3 Å². The van der Waals surface area contributed by atoms with Gasteiger partial charge in [-0.05, 0) is 54.8 Å². The van der Waals surface area contributed by atoms with Crippen molar-refractivity contribution in [2.24, 2.45) is 0 Å². The van der Waals surface area contributed by atoms with Crippen LogP contribution in [0.25, 0.3) is 0 Å². The molecule has 0 saturated carbocycles. The van der Waals surface area contributed by atoms with Crippen LogP contribution in [0.1, 0.15) is 27.0 Å². The Morgan fingerprint density at radius 2 is 1.68 bits per heavy atom. The van der Waals surface area contributed by atoms with Crippen LogP contribution in [0.5, 0.6) is 5.75 Å². The number of hydrogen-bond acceptors (Lipinski definition) is 2. The van der Waals surface area contributed by atoms with Gasteiger partial charge in [-0.2, -0.15) is 0 Å². The highest BCUT2D eigenvalue weighted by Crippen LogP contribution is 2.25. The van der Waals surface area contributed by atoms with Crippen molar-refractivity contribution < 1.29 is 13.9 Å². The zero-order chi connectivity index (χ0) is 13.8. The number of halogens is 1. The molecule has 0 radical (unpaired) electrons. The maximum atomic E-state index is 12.8. The van der Waals surface area contributed by atoms with Crippen molar-refractivity contribution in [1.82, 2.24) is 0 Å². The van der Waals surface area contributed by atoms with Gasteiger partial charge in [0.25, 0.3) is 0 Å². The smallest absolute Gasteiger partial charge is 0.150 e. The van der Waals surface area contributed by atoms with E-state index in [0.717, 1.165) is 28.7 Å². The van der Waals surface area contributed by atoms with Crippen LogP contribution in [0.2, 0.25) is 0 Å². The normalized spacial score (nSPS) is 10.3. The van der Waals surface area contributed by atoms with Crippen molar-refractivity contribution in [3.8, 4) is 5.75 Å². The average Bonchev–Trinajstić information content (AvgIpc) is 2.39. The van der Waals surface area contributed by atoms with Gasteiger partial charge in [0, 0.05) is 5.56 Å². The van der Waals surface area contributed by atoms with E-state index in [1.165, 1.54) is 12.1 Å². The highest BCUT2D eigenvalue weighted by atomic mass is 19.1. The Morgan fingerprint density at radius 3 is 2.21 bits per heavy atom. The first-order chi connectivity index (χ1) is 9.10. The van der Waals surface area contributed by atoms with E-state index in [1.54, 1.807) is 24.3 Å². The number of carbonyl (C=O) groups is 1. The Morgan fingerprint density at radius 1 is 1.11 bits per heavy atom. The quantitative estimate of drug-likeness (QED) is 0.779. The first kappa shape index (κ1) is 13.3. The van der Waals surface area contributed by atoms with E-state index in [4.69, 9.17) is 4.74 Å². The second-order valence-corrected chi connectivity index (χ2v) is 4.52. The summed E-state index contributed by atoms with van der Waals surface area (Å²) in [6.45, 7) is 4.18. The minimum atomic E-state index is -0.258. The fraction of sp³-hybridized carbons (Fsp3) is 0.188. The highest BCUT2D eigenvalue weighted by molar-refractivity contribution is 5.76. The molecule has 0 heterocycles. The van der Waals surface area contributed by atoms with Crippen molar-refractivity contribution in [2.75, 3.05) is 0 Å². The number of aldehydes is 1. The molecule has 0 amide bonds. The molecule has 0 fully saturated rings. The number of ether oxygens (including phenoxy) is 1. The summed E-state index contributed by atoms with van der Waals surface area (Å²) in [7, 11) is 0. The lowest BCUT2D eigenvalue weighted by molar-refractivity contribution is 0.112. The maximum absolute atomic E-state index is 12.8. The number of aryl methyl sites for hydroxylation is 2. The van der Waals surface area contributed by atoms with Gasteiger partial charge < -0.3 is 4.74 Å². The van der Waals surface area contributed by atoms with Gasteiger partial charge >= 0.3 is 0 Å². The molecule has 3 heteroatoms. The van der Waals surface area contributed by atoms with Gasteiger partial charge in [-0.3, -0.25) is 4.79 Å². The lowest BCUT2D eigenvalue weighted by Crippen LogP contribution is -2.00. The van der Waals surface area contributed by atoms with Crippen molar-refractivity contribution >= 4 is 6.29 Å². The van der Waals surface area contributed by atoms with Crippen molar-refractivity contribution in [3.05, 3.63) is 64.5 Å². The van der Waals surface area contributed by atoms with Gasteiger partial charge in [-0.1, -0.05) is 12.1 Å². The fourth-order valence-electron chi connectivity index (χ4n) is 2.02. The largest absolute Gasteiger partial charge is 0.488 e. The Labute approximate surface area is 111 Å². The van der Waals surface area contributed by atoms with Crippen LogP contribution in [0, 0.1) is 19.7 Å². The summed E-state index contributed by atoms with van der Waals surface area (Å²) >= 11 is 0. The monoisotopic (exact) mass is 258 g/mol. The second kappa shape index (κ2) is 5.65. The molecule has 98 valence electrons. The minimum absolute atomic E-state index is 0.258. The molecular formula is C16H15FO2. The summed E-state index contributed by atoms with van der Waals surface area (Å²) < 4.78 is 18.5. The van der Waals surface area contributed by atoms with E-state index in [-0.39, 0.29) is 5.82 Å². The third-order valence-corrected chi connectivity index (χ3v) is 2.92. The SMILES string of the molecule is Cc1cc(C=O)cc(C)c1OCc1ccc(F)cc1. The third kappa shape index (κ3) is 3.19. The zero-order valence-electron chi connectivity index (χ0n) is 10.9. The van der Waals surface area contributed by atoms with Gasteiger partial charge in [-0.25, -0.2) is 4.39 Å². The molecule has 0 aliphatic rings. The van der Waals surface area contributed by atoms with E-state index in [1.807, 2.05) is 13.8 Å². The summed E-state index contributed by atoms with van der Waals surface area (Å²) in [4.78, 5) is 10.8. The summed E-state index contributed by atoms with van der Waals surface area (Å²) in [5.74, 6) is 0.515. The predicted octanol–water partition coefficient (Wildman–Crippen LogP) is 3.83. The molecule has 0 bridgehead atoms. The van der Waals surface area contributed by atoms with Crippen LogP contribution in [0.4, 0.5) is 4.39 Å². The molecule has 19 heavy (non-hydrogen) atoms. The number of hydrogen-bond donors (Lipinski definition) is 0. The molecule has 0 aliphatic heterocycles. The van der Waals surface area contributed by atoms with Gasteiger partial charge in [-0.15, -0.1) is 0 Å². The van der Waals surface area contributed by atoms with Crippen LogP contribution in [-0.2, 0) is 6.61 Å². The van der Waals surface area contributed by atoms with Crippen LogP contribution in [-0.4, -0.2) is 6.29 Å². The van der Waals surface area contributed by atoms with Gasteiger partial charge in [0.15, 0.2) is 0 Å². The maximum Gasteiger partial charge on any atom is 0.150 e. The van der Waals surface area contributed by atoms with Gasteiger partial charge in [0.1, 0.15) is 24.5 Å². The highest BCUT2D eigenvalue weighted by Gasteiger charge is 2.06. The molecule has 0 unspecified atom stereocenters. The number of carbonyl (C=O) groups excluding carboxylic acids is 1. The Hall–Kier alpha value is -2.16. The molecule has 0 spiro atoms. The molecule has 0 aromatic heterocycles. The lowest BCUT2D eigenvalue weighted by Gasteiger charge is -2.12. The second-order valence-electron chi connectivity index (χ2n) is 4.52. The Balaban J connectivity index is 2.15. The summed E-state index contributed by atoms with van der Waals surface area (Å²) in [5.41, 5.74) is 3.39. The van der Waals surface area contributed by atoms with Crippen LogP contribution >= 0.6 is 0 Å². The zero-order valence-corrected chi connectivity index (χ0v) is 10.9. The standard InChI is InChI=1S/C16H15FO2/c1-11-7-14(9-18)8-12(2)16(11)19-10-13-3-5-15(17)6-4-13/h3-9H,10H2,1-2H3. The molecule has 2 rings (SSSR count). The molecule has 2 aromatic carbocycles. The van der Waals surface area contributed by atoms with Crippen LogP contribution in [0.15, 0.2) is 36.4 Å². The van der Waals surface area contributed by atoms with E-state index in [9.17, 15) is 9.18 Å². The minimum Gasteiger partial charge on any atom is -0.488 e. The van der Waals surface area contributed by atoms with Crippen LogP contribution < -0.4 is 4.74 Å². The first-order valence-electron chi connectivity index (χ1n) is 6.04. The molecule has 0 aliphatic carbocycles. The summed E-state index contributed by atoms with van der Waals surface area (Å²) in [6, 6.07) is 9.79. The predicted molar refractivity (Wildman–Crippen MR) is 72.0 cm³/mol. The molecule has 2 nitrogen and oxygen atoms in total. The van der Waals surface area contributed by atoms with E-state index >= 15 is 0 Å². The Bertz CT molecular complexity index is 565. The number of rotatable bonds is 4. The van der Waals surface area contributed by atoms with Crippen molar-refractivity contribution in [1.29, 1.82) is 0 Å². The third-order valence-electron chi connectivity index (χ3n) is 2.92. The first-order valence-corrected chi connectivity index (χ1v) is 6.04. The molecule has 2 aromatic rings. The molecule has 0 atom stereocenters. The summed E-state index contributed by atoms with van der Waals surface area (Å²) in [6.07, 6.45) is 0.823. The average molecular weight is 258 g/mol. The van der Waals surface area contributed by atoms with Gasteiger partial charge in [0.05, 0.1) is 0 Å². The van der Waals surface area contributed by atoms with E-state index in [0.29, 0.717) is 12.2 Å². The van der Waals surface area contributed by atoms with Crippen molar-refractivity contribution in [3.63, 3.8) is 0 Å². The van der Waals surface area contributed by atoms with E-state index in [2.05, 4.69) is 0 Å². The fourth-order valence-corrected chi connectivity index (χ4v) is 2.02. The van der Waals surface area contributed by atoms with E-state index < -0.39 is 0 Å². The van der Waals surface area contributed by atoms with Crippen LogP contribution in [0.3, 0.4) is 0 Å². The molecule has 0 saturated heterocycles. The number of benzene rings is 2. The molecular weight excluding hydrogens is 243 g/mol. The van der Waals surface area contributed by atoms with Gasteiger partial charge in [0.2, 0.25) is 0 Å². The lowest BCUT2D eigenvalue weighted by atomic mass is 10.1. The Kier molecular flexibility index (Phi) is 3.95. The summed E-state index contributed by atoms with van der Waals surface area (Å²) in [5, 5.41) is 0. The molecule has 0 N–H and O–H groups in total.